The summed E-state index contributed by atoms with van der Waals surface area (Å²) >= 11 is 0. The summed E-state index contributed by atoms with van der Waals surface area (Å²) < 4.78 is 19.4. The average Bonchev–Trinajstić information content (AvgIpc) is 2.28. The molecule has 0 aromatic carbocycles. The van der Waals surface area contributed by atoms with E-state index in [-0.39, 0.29) is 52.9 Å². The maximum Gasteiger partial charge on any atom is 0.269 e. The minimum absolute atomic E-state index is 0.0404. The first kappa shape index (κ1) is 15.7. The van der Waals surface area contributed by atoms with E-state index in [2.05, 4.69) is 0 Å². The molecule has 16 heavy (non-hydrogen) atoms. The highest BCUT2D eigenvalue weighted by molar-refractivity contribution is 4.32. The minimum Gasteiger partial charge on any atom is -0.394 e. The molecule has 0 unspecified atom stereocenters. The van der Waals surface area contributed by atoms with Crippen LogP contribution in [0, 0.1) is 0 Å². The van der Waals surface area contributed by atoms with E-state index in [1.165, 1.54) is 0 Å². The van der Waals surface area contributed by atoms with Crippen LogP contribution in [0.15, 0.2) is 0 Å². The van der Waals surface area contributed by atoms with Gasteiger partial charge in [-0.2, -0.15) is 0 Å². The largest absolute Gasteiger partial charge is 0.394 e. The van der Waals surface area contributed by atoms with E-state index in [1.54, 1.807) is 0 Å². The van der Waals surface area contributed by atoms with Gasteiger partial charge in [-0.3, -0.25) is 0 Å². The van der Waals surface area contributed by atoms with Crippen molar-refractivity contribution < 1.29 is 34.3 Å². The van der Waals surface area contributed by atoms with Gasteiger partial charge in [-0.25, -0.2) is 0 Å². The third-order valence-electron chi connectivity index (χ3n) is 1.45. The summed E-state index contributed by atoms with van der Waals surface area (Å²) in [6.07, 6.45) is 0. The molecule has 0 spiro atoms. The molecule has 0 aromatic heterocycles. The molecule has 7 heteroatoms. The maximum absolute atomic E-state index is 9.11. The molecule has 0 saturated carbocycles. The molecule has 0 aliphatic heterocycles. The van der Waals surface area contributed by atoms with Crippen molar-refractivity contribution in [2.75, 3.05) is 52.9 Å². The highest BCUT2D eigenvalue weighted by Gasteiger charge is 2.03. The first-order chi connectivity index (χ1) is 7.81. The van der Waals surface area contributed by atoms with Crippen molar-refractivity contribution >= 4 is 0 Å². The molecule has 0 radical (unpaired) electrons. The van der Waals surface area contributed by atoms with Crippen molar-refractivity contribution in [1.29, 1.82) is 0 Å². The van der Waals surface area contributed by atoms with Crippen LogP contribution < -0.4 is 0 Å². The van der Waals surface area contributed by atoms with E-state index >= 15 is 0 Å². The Hall–Kier alpha value is -0.280. The van der Waals surface area contributed by atoms with Crippen LogP contribution in [-0.2, 0) is 18.9 Å². The molecule has 98 valence electrons. The lowest BCUT2D eigenvalue weighted by Gasteiger charge is -2.12. The van der Waals surface area contributed by atoms with Gasteiger partial charge in [0.05, 0.1) is 52.9 Å². The second kappa shape index (κ2) is 12.8. The van der Waals surface area contributed by atoms with E-state index in [4.69, 9.17) is 34.3 Å². The van der Waals surface area contributed by atoms with Crippen molar-refractivity contribution in [3.8, 4) is 0 Å². The lowest BCUT2D eigenvalue weighted by Crippen LogP contribution is -2.21. The van der Waals surface area contributed by atoms with Gasteiger partial charge >= 0.3 is 0 Å². The molecule has 0 fully saturated rings. The van der Waals surface area contributed by atoms with Crippen molar-refractivity contribution in [1.82, 2.24) is 0 Å². The Kier molecular flexibility index (Phi) is 12.6. The van der Waals surface area contributed by atoms with Crippen molar-refractivity contribution in [3.05, 3.63) is 0 Å². The van der Waals surface area contributed by atoms with Crippen LogP contribution in [-0.4, -0.2) is 74.7 Å². The van der Waals surface area contributed by atoms with Gasteiger partial charge in [-0.1, -0.05) is 0 Å². The molecule has 0 amide bonds. The zero-order valence-electron chi connectivity index (χ0n) is 9.21. The number of hydrogen-bond acceptors (Lipinski definition) is 7. The fourth-order valence-electron chi connectivity index (χ4n) is 0.797. The van der Waals surface area contributed by atoms with Gasteiger partial charge in [0.15, 0.2) is 0 Å². The highest BCUT2D eigenvalue weighted by Crippen LogP contribution is 1.90. The van der Waals surface area contributed by atoms with E-state index < -0.39 is 6.48 Å². The lowest BCUT2D eigenvalue weighted by molar-refractivity contribution is -0.269. The Labute approximate surface area is 94.5 Å². The van der Waals surface area contributed by atoms with Gasteiger partial charge in [-0.05, 0) is 0 Å². The molecule has 0 atom stereocenters. The van der Waals surface area contributed by atoms with Crippen LogP contribution in [0.4, 0.5) is 0 Å². The molecule has 0 heterocycles. The molecule has 0 rings (SSSR count). The summed E-state index contributed by atoms with van der Waals surface area (Å²) in [7, 11) is 0. The second-order valence-corrected chi connectivity index (χ2v) is 2.72. The second-order valence-electron chi connectivity index (χ2n) is 2.72. The number of aliphatic hydroxyl groups is 3. The molecular weight excluding hydrogens is 220 g/mol. The lowest BCUT2D eigenvalue weighted by atomic mass is 10.7. The molecule has 0 bridgehead atoms. The number of rotatable bonds is 12. The molecule has 3 N–H and O–H groups in total. The smallest absolute Gasteiger partial charge is 0.269 e. The molecular formula is C9H20O7. The Morgan fingerprint density at radius 3 is 1.50 bits per heavy atom. The number of aliphatic hydroxyl groups excluding tert-OH is 3. The van der Waals surface area contributed by atoms with Gasteiger partial charge in [0.1, 0.15) is 0 Å². The molecule has 0 aromatic rings. The van der Waals surface area contributed by atoms with Gasteiger partial charge in [0.2, 0.25) is 0 Å². The summed E-state index contributed by atoms with van der Waals surface area (Å²) in [4.78, 5) is 0. The Morgan fingerprint density at radius 1 is 0.688 bits per heavy atom. The average molecular weight is 240 g/mol. The highest BCUT2D eigenvalue weighted by atomic mass is 16.8. The van der Waals surface area contributed by atoms with Gasteiger partial charge in [-0.15, -0.1) is 0 Å². The first-order valence-corrected chi connectivity index (χ1v) is 5.09. The summed E-state index contributed by atoms with van der Waals surface area (Å²) in [5.41, 5.74) is 0. The van der Waals surface area contributed by atoms with Crippen LogP contribution in [0.2, 0.25) is 0 Å². The van der Waals surface area contributed by atoms with Gasteiger partial charge in [0, 0.05) is 0 Å². The normalized spacial score (nSPS) is 11.2. The summed E-state index contributed by atoms with van der Waals surface area (Å²) in [5, 5.41) is 25.9. The van der Waals surface area contributed by atoms with E-state index in [0.717, 1.165) is 0 Å². The van der Waals surface area contributed by atoms with Crippen LogP contribution in [0.3, 0.4) is 0 Å². The van der Waals surface area contributed by atoms with Gasteiger partial charge in [0.25, 0.3) is 6.48 Å². The van der Waals surface area contributed by atoms with Crippen LogP contribution in [0.25, 0.3) is 0 Å². The topological polar surface area (TPSA) is 97.6 Å². The third-order valence-corrected chi connectivity index (χ3v) is 1.45. The van der Waals surface area contributed by atoms with Crippen LogP contribution in [0.5, 0.6) is 0 Å². The predicted molar refractivity (Wildman–Crippen MR) is 53.7 cm³/mol. The monoisotopic (exact) mass is 240 g/mol. The van der Waals surface area contributed by atoms with Crippen LogP contribution in [0.1, 0.15) is 0 Å². The zero-order chi connectivity index (χ0) is 12.1. The molecule has 0 saturated heterocycles. The van der Waals surface area contributed by atoms with E-state index in [9.17, 15) is 0 Å². The maximum atomic E-state index is 9.11. The predicted octanol–water partition coefficient (Wildman–Crippen LogP) is -1.69. The summed E-state index contributed by atoms with van der Waals surface area (Å²) in [5.74, 6) is 0. The number of ether oxygens (including phenoxy) is 4. The van der Waals surface area contributed by atoms with E-state index in [0.29, 0.717) is 0 Å². The Morgan fingerprint density at radius 2 is 1.12 bits per heavy atom. The first-order valence-electron chi connectivity index (χ1n) is 5.09. The van der Waals surface area contributed by atoms with Crippen molar-refractivity contribution in [3.63, 3.8) is 0 Å². The Bertz CT molecular complexity index is 119. The third kappa shape index (κ3) is 11.8. The fourth-order valence-corrected chi connectivity index (χ4v) is 0.797. The molecule has 7 nitrogen and oxygen atoms in total. The SMILES string of the molecule is OCCOCCOC(O)OCCOCCO. The van der Waals surface area contributed by atoms with Crippen molar-refractivity contribution in [2.45, 2.75) is 6.48 Å². The van der Waals surface area contributed by atoms with Crippen LogP contribution >= 0.6 is 0 Å². The van der Waals surface area contributed by atoms with Gasteiger partial charge < -0.3 is 34.3 Å². The zero-order valence-corrected chi connectivity index (χ0v) is 9.21. The summed E-state index contributed by atoms with van der Waals surface area (Å²) in [6.45, 7) is 0.0180. The summed E-state index contributed by atoms with van der Waals surface area (Å²) in [6, 6.07) is 0. The Balaban J connectivity index is 3.09. The molecule has 0 aliphatic rings. The number of hydrogen-bond donors (Lipinski definition) is 3. The minimum atomic E-state index is -1.31. The quantitative estimate of drug-likeness (QED) is 0.277. The van der Waals surface area contributed by atoms with E-state index in [1.807, 2.05) is 0 Å². The standard InChI is InChI=1S/C9H20O7/c10-1-3-13-5-7-15-9(12)16-8-6-14-4-2-11/h9-12H,1-8H2. The molecule has 0 aliphatic carbocycles. The fraction of sp³-hybridized carbons (Fsp3) is 1.00. The van der Waals surface area contributed by atoms with Crippen molar-refractivity contribution in [2.24, 2.45) is 0 Å².